The summed E-state index contributed by atoms with van der Waals surface area (Å²) in [5, 5.41) is 2.86. The second-order valence-electron chi connectivity index (χ2n) is 5.89. The minimum Gasteiger partial charge on any atom is -0.399 e. The van der Waals surface area contributed by atoms with E-state index in [1.54, 1.807) is 24.3 Å². The molecule has 0 unspecified atom stereocenters. The minimum absolute atomic E-state index is 0.178. The van der Waals surface area contributed by atoms with E-state index in [0.29, 0.717) is 41.5 Å². The number of carbonyl (C=O) groups excluding carboxylic acids is 1. The van der Waals surface area contributed by atoms with Crippen molar-refractivity contribution in [1.29, 1.82) is 0 Å². The minimum atomic E-state index is -3.42. The first kappa shape index (κ1) is 20.4. The van der Waals surface area contributed by atoms with Crippen molar-refractivity contribution in [3.05, 3.63) is 46.3 Å². The zero-order valence-electron chi connectivity index (χ0n) is 15.3. The lowest BCUT2D eigenvalue weighted by atomic mass is 10.1. The predicted molar refractivity (Wildman–Crippen MR) is 106 cm³/mol. The number of hydrogen-bond donors (Lipinski definition) is 2. The number of amides is 1. The van der Waals surface area contributed by atoms with Crippen LogP contribution in [0.3, 0.4) is 0 Å². The fourth-order valence-corrected chi connectivity index (χ4v) is 5.57. The van der Waals surface area contributed by atoms with Gasteiger partial charge in [-0.15, -0.1) is 11.3 Å². The van der Waals surface area contributed by atoms with Crippen LogP contribution in [0.4, 0.5) is 5.69 Å². The van der Waals surface area contributed by atoms with Gasteiger partial charge in [0.25, 0.3) is 15.9 Å². The maximum Gasteiger partial charge on any atom is 0.252 e. The molecule has 142 valence electrons. The molecule has 0 saturated carbocycles. The van der Waals surface area contributed by atoms with Gasteiger partial charge in [-0.1, -0.05) is 19.9 Å². The maximum atomic E-state index is 12.5. The molecular formula is C18H25N3O3S2. The average Bonchev–Trinajstić information content (AvgIpc) is 3.07. The summed E-state index contributed by atoms with van der Waals surface area (Å²) < 4.78 is 26.8. The van der Waals surface area contributed by atoms with E-state index in [2.05, 4.69) is 5.32 Å². The maximum absolute atomic E-state index is 12.5. The Morgan fingerprint density at radius 3 is 2.54 bits per heavy atom. The summed E-state index contributed by atoms with van der Waals surface area (Å²) >= 11 is 1.25. The van der Waals surface area contributed by atoms with E-state index < -0.39 is 10.0 Å². The van der Waals surface area contributed by atoms with Crippen LogP contribution in [0.25, 0.3) is 0 Å². The second-order valence-corrected chi connectivity index (χ2v) is 9.22. The van der Waals surface area contributed by atoms with Crippen LogP contribution in [0.2, 0.25) is 0 Å². The van der Waals surface area contributed by atoms with Crippen molar-refractivity contribution >= 4 is 33.0 Å². The van der Waals surface area contributed by atoms with E-state index in [4.69, 9.17) is 5.73 Å². The highest BCUT2D eigenvalue weighted by Crippen LogP contribution is 2.25. The third kappa shape index (κ3) is 4.63. The average molecular weight is 396 g/mol. The van der Waals surface area contributed by atoms with E-state index in [-0.39, 0.29) is 5.91 Å². The number of benzene rings is 1. The van der Waals surface area contributed by atoms with Crippen LogP contribution >= 0.6 is 11.3 Å². The highest BCUT2D eigenvalue weighted by molar-refractivity contribution is 7.91. The monoisotopic (exact) mass is 395 g/mol. The molecule has 0 saturated heterocycles. The first-order valence-electron chi connectivity index (χ1n) is 8.52. The Hall–Kier alpha value is -1.90. The van der Waals surface area contributed by atoms with Crippen LogP contribution < -0.4 is 11.1 Å². The molecule has 0 fully saturated rings. The van der Waals surface area contributed by atoms with Crippen molar-refractivity contribution in [2.24, 2.45) is 0 Å². The van der Waals surface area contributed by atoms with Crippen molar-refractivity contribution in [2.45, 2.75) is 31.4 Å². The third-order valence-corrected chi connectivity index (χ3v) is 7.76. The van der Waals surface area contributed by atoms with E-state index >= 15 is 0 Å². The van der Waals surface area contributed by atoms with Gasteiger partial charge < -0.3 is 11.1 Å². The van der Waals surface area contributed by atoms with Gasteiger partial charge in [0.15, 0.2) is 0 Å². The lowest BCUT2D eigenvalue weighted by Gasteiger charge is -2.16. The van der Waals surface area contributed by atoms with Gasteiger partial charge in [0.05, 0.1) is 0 Å². The van der Waals surface area contributed by atoms with Gasteiger partial charge in [0.1, 0.15) is 4.21 Å². The van der Waals surface area contributed by atoms with Crippen molar-refractivity contribution in [2.75, 3.05) is 25.4 Å². The molecule has 0 aliphatic rings. The SMILES string of the molecule is CCN(CC)S(=O)(=O)c1ccc(CCNC(=O)c2cc(N)ccc2C)s1. The number of carbonyl (C=O) groups is 1. The topological polar surface area (TPSA) is 92.5 Å². The Morgan fingerprint density at radius 2 is 1.88 bits per heavy atom. The smallest absolute Gasteiger partial charge is 0.252 e. The fraction of sp³-hybridized carbons (Fsp3) is 0.389. The molecular weight excluding hydrogens is 370 g/mol. The highest BCUT2D eigenvalue weighted by atomic mass is 32.2. The first-order valence-corrected chi connectivity index (χ1v) is 10.8. The molecule has 0 atom stereocenters. The summed E-state index contributed by atoms with van der Waals surface area (Å²) in [7, 11) is -3.42. The van der Waals surface area contributed by atoms with Crippen molar-refractivity contribution < 1.29 is 13.2 Å². The number of nitrogens with two attached hydrogens (primary N) is 1. The molecule has 2 aromatic rings. The fourth-order valence-electron chi connectivity index (χ4n) is 2.60. The Balaban J connectivity index is 1.98. The zero-order valence-corrected chi connectivity index (χ0v) is 16.9. The van der Waals surface area contributed by atoms with Crippen molar-refractivity contribution in [3.63, 3.8) is 0 Å². The van der Waals surface area contributed by atoms with Gasteiger partial charge in [0, 0.05) is 35.8 Å². The summed E-state index contributed by atoms with van der Waals surface area (Å²) in [5.41, 5.74) is 7.70. The van der Waals surface area contributed by atoms with Gasteiger partial charge in [-0.3, -0.25) is 4.79 Å². The number of aryl methyl sites for hydroxylation is 1. The molecule has 3 N–H and O–H groups in total. The van der Waals surface area contributed by atoms with E-state index in [1.165, 1.54) is 15.6 Å². The molecule has 6 nitrogen and oxygen atoms in total. The summed E-state index contributed by atoms with van der Waals surface area (Å²) in [5.74, 6) is -0.178. The summed E-state index contributed by atoms with van der Waals surface area (Å²) in [6.45, 7) is 6.83. The molecule has 26 heavy (non-hydrogen) atoms. The quantitative estimate of drug-likeness (QED) is 0.672. The third-order valence-electron chi connectivity index (χ3n) is 4.10. The van der Waals surface area contributed by atoms with Crippen molar-refractivity contribution in [1.82, 2.24) is 9.62 Å². The summed E-state index contributed by atoms with van der Waals surface area (Å²) in [6, 6.07) is 8.67. The molecule has 0 spiro atoms. The number of nitrogen functional groups attached to an aromatic ring is 1. The Bertz CT molecular complexity index is 872. The Kier molecular flexibility index (Phi) is 6.80. The van der Waals surface area contributed by atoms with Crippen LogP contribution in [0.1, 0.15) is 34.6 Å². The molecule has 8 heteroatoms. The lowest BCUT2D eigenvalue weighted by Crippen LogP contribution is -2.30. The van der Waals surface area contributed by atoms with Crippen molar-refractivity contribution in [3.8, 4) is 0 Å². The number of sulfonamides is 1. The molecule has 0 aliphatic carbocycles. The number of hydrogen-bond acceptors (Lipinski definition) is 5. The molecule has 1 heterocycles. The lowest BCUT2D eigenvalue weighted by molar-refractivity contribution is 0.0953. The summed E-state index contributed by atoms with van der Waals surface area (Å²) in [6.07, 6.45) is 0.575. The Labute approximate surface area is 159 Å². The predicted octanol–water partition coefficient (Wildman–Crippen LogP) is 2.64. The van der Waals surface area contributed by atoms with Crippen LogP contribution in [0, 0.1) is 6.92 Å². The van der Waals surface area contributed by atoms with Crippen LogP contribution in [-0.2, 0) is 16.4 Å². The largest absolute Gasteiger partial charge is 0.399 e. The first-order chi connectivity index (χ1) is 12.3. The van der Waals surface area contributed by atoms with Gasteiger partial charge in [0.2, 0.25) is 0 Å². The second kappa shape index (κ2) is 8.66. The van der Waals surface area contributed by atoms with E-state index in [1.807, 2.05) is 26.8 Å². The molecule has 1 aromatic heterocycles. The van der Waals surface area contributed by atoms with Gasteiger partial charge in [-0.25, -0.2) is 8.42 Å². The molecule has 1 aromatic carbocycles. The highest BCUT2D eigenvalue weighted by Gasteiger charge is 2.23. The molecule has 0 bridgehead atoms. The molecule has 1 amide bonds. The van der Waals surface area contributed by atoms with E-state index in [9.17, 15) is 13.2 Å². The van der Waals surface area contributed by atoms with Gasteiger partial charge >= 0.3 is 0 Å². The normalized spacial score (nSPS) is 11.7. The zero-order chi connectivity index (χ0) is 19.3. The number of rotatable bonds is 8. The van der Waals surface area contributed by atoms with Gasteiger partial charge in [-0.2, -0.15) is 4.31 Å². The standard InChI is InChI=1S/C18H25N3O3S2/c1-4-21(5-2)26(23,24)17-9-8-15(25-17)10-11-20-18(22)16-12-14(19)7-6-13(16)3/h6-9,12H,4-5,10-11,19H2,1-3H3,(H,20,22). The van der Waals surface area contributed by atoms with Crippen LogP contribution in [0.5, 0.6) is 0 Å². The summed E-state index contributed by atoms with van der Waals surface area (Å²) in [4.78, 5) is 13.2. The molecule has 2 rings (SSSR count). The number of thiophene rings is 1. The number of nitrogens with one attached hydrogen (secondary N) is 1. The van der Waals surface area contributed by atoms with Gasteiger partial charge in [-0.05, 0) is 43.2 Å². The Morgan fingerprint density at radius 1 is 1.19 bits per heavy atom. The molecule has 0 radical (unpaired) electrons. The number of anilines is 1. The number of nitrogens with zero attached hydrogens (tertiary/aromatic N) is 1. The van der Waals surface area contributed by atoms with Crippen LogP contribution in [-0.4, -0.2) is 38.3 Å². The molecule has 0 aliphatic heterocycles. The van der Waals surface area contributed by atoms with Crippen LogP contribution in [0.15, 0.2) is 34.5 Å². The van der Waals surface area contributed by atoms with E-state index in [0.717, 1.165) is 10.4 Å².